The van der Waals surface area contributed by atoms with E-state index in [0.717, 1.165) is 4.57 Å². The molecule has 0 radical (unpaired) electrons. The molecule has 0 bridgehead atoms. The summed E-state index contributed by atoms with van der Waals surface area (Å²) in [4.78, 5) is 42.0. The van der Waals surface area contributed by atoms with E-state index in [1.54, 1.807) is 67.2 Å². The number of benzene rings is 2. The first kappa shape index (κ1) is 20.3. The van der Waals surface area contributed by atoms with E-state index in [0.29, 0.717) is 22.4 Å². The highest BCUT2D eigenvalue weighted by Gasteiger charge is 2.15. The van der Waals surface area contributed by atoms with Gasteiger partial charge in [-0.05, 0) is 44.2 Å². The quantitative estimate of drug-likeness (QED) is 0.536. The molecule has 9 heteroatoms. The molecule has 0 atom stereocenters. The Labute approximate surface area is 176 Å². The molecule has 0 aliphatic rings. The molecule has 2 aromatic carbocycles. The predicted octanol–water partition coefficient (Wildman–Crippen LogP) is 2.46. The zero-order valence-electron chi connectivity index (χ0n) is 17.0. The van der Waals surface area contributed by atoms with Crippen LogP contribution in [0.4, 0.5) is 10.1 Å². The zero-order valence-corrected chi connectivity index (χ0v) is 17.0. The van der Waals surface area contributed by atoms with Crippen molar-refractivity contribution in [1.29, 1.82) is 0 Å². The molecule has 0 saturated carbocycles. The molecule has 4 rings (SSSR count). The lowest BCUT2D eigenvalue weighted by molar-refractivity contribution is -0.116. The number of hydrogen-bond donors (Lipinski definition) is 1. The summed E-state index contributed by atoms with van der Waals surface area (Å²) in [6, 6.07) is 10.9. The number of anilines is 1. The van der Waals surface area contributed by atoms with Crippen molar-refractivity contribution in [1.82, 2.24) is 18.7 Å². The van der Waals surface area contributed by atoms with Crippen molar-refractivity contribution in [3.63, 3.8) is 0 Å². The van der Waals surface area contributed by atoms with Gasteiger partial charge in [-0.1, -0.05) is 12.1 Å². The van der Waals surface area contributed by atoms with E-state index in [1.807, 2.05) is 0 Å². The second kappa shape index (κ2) is 8.02. The van der Waals surface area contributed by atoms with Crippen molar-refractivity contribution in [3.05, 3.63) is 87.3 Å². The molecule has 0 saturated heterocycles. The molecule has 0 fully saturated rings. The van der Waals surface area contributed by atoms with Crippen LogP contribution in [-0.2, 0) is 17.9 Å². The molecule has 2 heterocycles. The second-order valence-electron chi connectivity index (χ2n) is 6.99. The van der Waals surface area contributed by atoms with E-state index in [4.69, 9.17) is 0 Å². The molecule has 0 spiro atoms. The first-order chi connectivity index (χ1) is 14.9. The Morgan fingerprint density at radius 1 is 1.13 bits per heavy atom. The molecule has 1 N–H and O–H groups in total. The van der Waals surface area contributed by atoms with E-state index in [1.165, 1.54) is 10.6 Å². The number of imidazole rings is 1. The van der Waals surface area contributed by atoms with Crippen LogP contribution in [0.3, 0.4) is 0 Å². The number of nitrogens with one attached hydrogen (secondary N) is 1. The number of amides is 1. The van der Waals surface area contributed by atoms with Crippen LogP contribution in [0.25, 0.3) is 16.6 Å². The standard InChI is InChI=1S/C22H20FN5O3/c1-3-26-21(30)16-6-4-5-7-18(16)28(22(26)31)13-20(29)25-15-8-9-19(17(23)12-15)27-11-10-24-14(27)2/h4-12H,3,13H2,1-2H3,(H,25,29). The fourth-order valence-corrected chi connectivity index (χ4v) is 3.56. The predicted molar refractivity (Wildman–Crippen MR) is 115 cm³/mol. The molecular formula is C22H20FN5O3. The fraction of sp³-hybridized carbons (Fsp3) is 0.182. The number of rotatable bonds is 5. The Bertz CT molecular complexity index is 1420. The van der Waals surface area contributed by atoms with Gasteiger partial charge in [-0.25, -0.2) is 14.2 Å². The van der Waals surface area contributed by atoms with Gasteiger partial charge in [0.05, 0.1) is 16.6 Å². The Kier molecular flexibility index (Phi) is 5.24. The highest BCUT2D eigenvalue weighted by Crippen LogP contribution is 2.19. The van der Waals surface area contributed by atoms with Crippen molar-refractivity contribution in [2.75, 3.05) is 5.32 Å². The van der Waals surface area contributed by atoms with Gasteiger partial charge < -0.3 is 9.88 Å². The summed E-state index contributed by atoms with van der Waals surface area (Å²) < 4.78 is 18.5. The maximum absolute atomic E-state index is 14.6. The molecule has 2 aromatic heterocycles. The first-order valence-electron chi connectivity index (χ1n) is 9.72. The molecule has 4 aromatic rings. The summed E-state index contributed by atoms with van der Waals surface area (Å²) in [5, 5.41) is 2.96. The third-order valence-electron chi connectivity index (χ3n) is 5.07. The molecule has 0 aliphatic carbocycles. The van der Waals surface area contributed by atoms with Gasteiger partial charge in [-0.3, -0.25) is 18.7 Å². The van der Waals surface area contributed by atoms with E-state index in [-0.39, 0.29) is 18.8 Å². The van der Waals surface area contributed by atoms with Crippen LogP contribution < -0.4 is 16.6 Å². The maximum Gasteiger partial charge on any atom is 0.331 e. The molecule has 0 unspecified atom stereocenters. The largest absolute Gasteiger partial charge is 0.331 e. The molecule has 158 valence electrons. The lowest BCUT2D eigenvalue weighted by atomic mass is 10.2. The minimum atomic E-state index is -0.571. The normalized spacial score (nSPS) is 11.1. The third kappa shape index (κ3) is 3.65. The lowest BCUT2D eigenvalue weighted by Gasteiger charge is -2.14. The number of aromatic nitrogens is 4. The number of hydrogen-bond acceptors (Lipinski definition) is 4. The van der Waals surface area contributed by atoms with E-state index in [9.17, 15) is 18.8 Å². The van der Waals surface area contributed by atoms with Gasteiger partial charge in [-0.2, -0.15) is 0 Å². The van der Waals surface area contributed by atoms with Gasteiger partial charge in [-0.15, -0.1) is 0 Å². The number of carbonyl (C=O) groups is 1. The van der Waals surface area contributed by atoms with Gasteiger partial charge in [0, 0.05) is 24.6 Å². The summed E-state index contributed by atoms with van der Waals surface area (Å²) in [7, 11) is 0. The Hall–Kier alpha value is -4.01. The second-order valence-corrected chi connectivity index (χ2v) is 6.99. The Morgan fingerprint density at radius 3 is 2.58 bits per heavy atom. The van der Waals surface area contributed by atoms with Crippen molar-refractivity contribution in [2.24, 2.45) is 0 Å². The third-order valence-corrected chi connectivity index (χ3v) is 5.07. The number of fused-ring (bicyclic) bond motifs is 1. The Morgan fingerprint density at radius 2 is 1.90 bits per heavy atom. The van der Waals surface area contributed by atoms with E-state index >= 15 is 0 Å². The molecule has 1 amide bonds. The molecule has 8 nitrogen and oxygen atoms in total. The van der Waals surface area contributed by atoms with Crippen LogP contribution in [0.1, 0.15) is 12.7 Å². The summed E-state index contributed by atoms with van der Waals surface area (Å²) in [5.41, 5.74) is -0.0319. The summed E-state index contributed by atoms with van der Waals surface area (Å²) in [6.45, 7) is 3.31. The monoisotopic (exact) mass is 421 g/mol. The average molecular weight is 421 g/mol. The average Bonchev–Trinajstić information content (AvgIpc) is 3.17. The molecular weight excluding hydrogens is 401 g/mol. The summed E-state index contributed by atoms with van der Waals surface area (Å²) in [6.07, 6.45) is 3.22. The highest BCUT2D eigenvalue weighted by molar-refractivity contribution is 5.91. The highest BCUT2D eigenvalue weighted by atomic mass is 19.1. The summed E-state index contributed by atoms with van der Waals surface area (Å²) in [5.74, 6) is -0.409. The van der Waals surface area contributed by atoms with Crippen molar-refractivity contribution >= 4 is 22.5 Å². The smallest absolute Gasteiger partial charge is 0.324 e. The maximum atomic E-state index is 14.6. The minimum Gasteiger partial charge on any atom is -0.324 e. The number of carbonyl (C=O) groups excluding carboxylic acids is 1. The molecule has 0 aliphatic heterocycles. The molecule has 31 heavy (non-hydrogen) atoms. The van der Waals surface area contributed by atoms with Crippen LogP contribution in [0.2, 0.25) is 0 Å². The van der Waals surface area contributed by atoms with Gasteiger partial charge in [0.2, 0.25) is 5.91 Å². The van der Waals surface area contributed by atoms with Gasteiger partial charge in [0.15, 0.2) is 0 Å². The SMILES string of the molecule is CCn1c(=O)c2ccccc2n(CC(=O)Nc2ccc(-n3ccnc3C)c(F)c2)c1=O. The Balaban J connectivity index is 1.64. The summed E-state index contributed by atoms with van der Waals surface area (Å²) >= 11 is 0. The lowest BCUT2D eigenvalue weighted by Crippen LogP contribution is -2.41. The number of aryl methyl sites for hydroxylation is 1. The van der Waals surface area contributed by atoms with Crippen LogP contribution >= 0.6 is 0 Å². The van der Waals surface area contributed by atoms with Gasteiger partial charge in [0.1, 0.15) is 18.2 Å². The van der Waals surface area contributed by atoms with E-state index < -0.39 is 23.0 Å². The zero-order chi connectivity index (χ0) is 22.1. The fourth-order valence-electron chi connectivity index (χ4n) is 3.56. The topological polar surface area (TPSA) is 90.9 Å². The van der Waals surface area contributed by atoms with Crippen LogP contribution in [0.5, 0.6) is 0 Å². The van der Waals surface area contributed by atoms with Gasteiger partial charge >= 0.3 is 5.69 Å². The van der Waals surface area contributed by atoms with Crippen LogP contribution in [0, 0.1) is 12.7 Å². The van der Waals surface area contributed by atoms with Crippen LogP contribution in [0.15, 0.2) is 64.4 Å². The number of para-hydroxylation sites is 1. The van der Waals surface area contributed by atoms with Crippen molar-refractivity contribution < 1.29 is 9.18 Å². The first-order valence-corrected chi connectivity index (χ1v) is 9.72. The van der Waals surface area contributed by atoms with Crippen LogP contribution in [-0.4, -0.2) is 24.6 Å². The minimum absolute atomic E-state index is 0.185. The number of nitrogens with zero attached hydrogens (tertiary/aromatic N) is 4. The van der Waals surface area contributed by atoms with Gasteiger partial charge in [0.25, 0.3) is 5.56 Å². The van der Waals surface area contributed by atoms with Crippen molar-refractivity contribution in [2.45, 2.75) is 26.9 Å². The van der Waals surface area contributed by atoms with E-state index in [2.05, 4.69) is 10.3 Å². The van der Waals surface area contributed by atoms with Crippen molar-refractivity contribution in [3.8, 4) is 5.69 Å². The number of halogens is 1.